The molecule has 0 aliphatic carbocycles. The van der Waals surface area contributed by atoms with Gasteiger partial charge >= 0.3 is 0 Å². The number of methoxy groups -OCH3 is 2. The fraction of sp³-hybridized carbons (Fsp3) is 0.174. The number of rotatable bonds is 7. The fourth-order valence-corrected chi connectivity index (χ4v) is 3.18. The van der Waals surface area contributed by atoms with E-state index in [4.69, 9.17) is 25.8 Å². The molecule has 3 aromatic rings. The lowest BCUT2D eigenvalue weighted by Gasteiger charge is -2.25. The van der Waals surface area contributed by atoms with Gasteiger partial charge in [0.15, 0.2) is 17.2 Å². The molecule has 6 heteroatoms. The zero-order valence-electron chi connectivity index (χ0n) is 16.5. The van der Waals surface area contributed by atoms with Crippen LogP contribution >= 0.6 is 11.6 Å². The van der Waals surface area contributed by atoms with Crippen molar-refractivity contribution in [3.8, 4) is 23.0 Å². The van der Waals surface area contributed by atoms with Crippen molar-refractivity contribution in [2.45, 2.75) is 13.5 Å². The van der Waals surface area contributed by atoms with Crippen molar-refractivity contribution >= 4 is 23.2 Å². The van der Waals surface area contributed by atoms with Gasteiger partial charge in [-0.1, -0.05) is 41.9 Å². The normalized spacial score (nSPS) is 10.3. The van der Waals surface area contributed by atoms with E-state index in [1.54, 1.807) is 37.3 Å². The van der Waals surface area contributed by atoms with Crippen molar-refractivity contribution in [1.82, 2.24) is 0 Å². The molecule has 0 spiro atoms. The third-order valence-electron chi connectivity index (χ3n) is 4.38. The summed E-state index contributed by atoms with van der Waals surface area (Å²) in [7, 11) is 3.15. The SMILES string of the molecule is COc1cccc(CN(C(C)=O)c2cc(Cl)ccc2Oc2ccccc2)c1OC. The standard InChI is InChI=1S/C23H22ClNO4/c1-16(26)25(15-17-8-7-11-22(27-2)23(17)28-3)20-14-18(24)12-13-21(20)29-19-9-5-4-6-10-19/h4-14H,15H2,1-3H3. The van der Waals surface area contributed by atoms with Gasteiger partial charge in [-0.2, -0.15) is 0 Å². The summed E-state index contributed by atoms with van der Waals surface area (Å²) < 4.78 is 16.9. The molecule has 0 saturated carbocycles. The Morgan fingerprint density at radius 2 is 1.69 bits per heavy atom. The number of hydrogen-bond donors (Lipinski definition) is 0. The van der Waals surface area contributed by atoms with Crippen LogP contribution in [0.2, 0.25) is 5.02 Å². The number of nitrogens with zero attached hydrogens (tertiary/aromatic N) is 1. The van der Waals surface area contributed by atoms with Gasteiger partial charge in [0.1, 0.15) is 5.75 Å². The van der Waals surface area contributed by atoms with Crippen LogP contribution in [0.3, 0.4) is 0 Å². The van der Waals surface area contributed by atoms with Crippen LogP contribution in [-0.4, -0.2) is 20.1 Å². The van der Waals surface area contributed by atoms with Crippen LogP contribution in [0.25, 0.3) is 0 Å². The number of anilines is 1. The third kappa shape index (κ3) is 4.81. The lowest BCUT2D eigenvalue weighted by atomic mass is 10.1. The summed E-state index contributed by atoms with van der Waals surface area (Å²) in [4.78, 5) is 14.2. The summed E-state index contributed by atoms with van der Waals surface area (Å²) in [6.45, 7) is 1.76. The molecule has 0 bridgehead atoms. The number of benzene rings is 3. The van der Waals surface area contributed by atoms with E-state index in [0.717, 1.165) is 5.56 Å². The highest BCUT2D eigenvalue weighted by Crippen LogP contribution is 2.38. The minimum atomic E-state index is -0.157. The number of carbonyl (C=O) groups is 1. The first-order valence-electron chi connectivity index (χ1n) is 9.04. The average Bonchev–Trinajstić information content (AvgIpc) is 2.73. The maximum atomic E-state index is 12.6. The molecule has 150 valence electrons. The molecule has 0 atom stereocenters. The van der Waals surface area contributed by atoms with Gasteiger partial charge < -0.3 is 19.1 Å². The maximum Gasteiger partial charge on any atom is 0.224 e. The second-order valence-electron chi connectivity index (χ2n) is 6.28. The topological polar surface area (TPSA) is 48.0 Å². The number of carbonyl (C=O) groups excluding carboxylic acids is 1. The minimum Gasteiger partial charge on any atom is -0.493 e. The number of ether oxygens (including phenoxy) is 3. The molecular formula is C23H22ClNO4. The van der Waals surface area contributed by atoms with Crippen LogP contribution in [0.15, 0.2) is 66.7 Å². The average molecular weight is 412 g/mol. The van der Waals surface area contributed by atoms with Crippen LogP contribution in [0.1, 0.15) is 12.5 Å². The number of halogens is 1. The summed E-state index contributed by atoms with van der Waals surface area (Å²) >= 11 is 6.24. The van der Waals surface area contributed by atoms with E-state index >= 15 is 0 Å². The Morgan fingerprint density at radius 1 is 0.931 bits per heavy atom. The fourth-order valence-electron chi connectivity index (χ4n) is 3.02. The number of para-hydroxylation sites is 2. The van der Waals surface area contributed by atoms with Crippen LogP contribution in [0.5, 0.6) is 23.0 Å². The Bertz CT molecular complexity index is 991. The van der Waals surface area contributed by atoms with Crippen LogP contribution in [0, 0.1) is 0 Å². The Hall–Kier alpha value is -3.18. The van der Waals surface area contributed by atoms with Gasteiger partial charge in [0.05, 0.1) is 26.5 Å². The van der Waals surface area contributed by atoms with Crippen LogP contribution in [0.4, 0.5) is 5.69 Å². The highest BCUT2D eigenvalue weighted by molar-refractivity contribution is 6.31. The third-order valence-corrected chi connectivity index (χ3v) is 4.61. The van der Waals surface area contributed by atoms with Gasteiger partial charge in [-0.25, -0.2) is 0 Å². The van der Waals surface area contributed by atoms with Crippen LogP contribution in [-0.2, 0) is 11.3 Å². The van der Waals surface area contributed by atoms with E-state index in [2.05, 4.69) is 0 Å². The maximum absolute atomic E-state index is 12.6. The van der Waals surface area contributed by atoms with Gasteiger partial charge in [-0.3, -0.25) is 4.79 Å². The van der Waals surface area contributed by atoms with Gasteiger partial charge in [-0.05, 0) is 36.4 Å². The summed E-state index contributed by atoms with van der Waals surface area (Å²) in [6, 6.07) is 20.1. The summed E-state index contributed by atoms with van der Waals surface area (Å²) in [6.07, 6.45) is 0. The molecular weight excluding hydrogens is 390 g/mol. The smallest absolute Gasteiger partial charge is 0.224 e. The van der Waals surface area contributed by atoms with Gasteiger partial charge in [0.2, 0.25) is 5.91 Å². The van der Waals surface area contributed by atoms with E-state index in [1.165, 1.54) is 6.92 Å². The van der Waals surface area contributed by atoms with Crippen molar-refractivity contribution in [2.24, 2.45) is 0 Å². The molecule has 0 heterocycles. The van der Waals surface area contributed by atoms with E-state index in [1.807, 2.05) is 48.5 Å². The molecule has 0 N–H and O–H groups in total. The first-order valence-corrected chi connectivity index (χ1v) is 9.41. The summed E-state index contributed by atoms with van der Waals surface area (Å²) in [5.74, 6) is 2.21. The molecule has 3 rings (SSSR count). The van der Waals surface area contributed by atoms with Crippen molar-refractivity contribution in [3.05, 3.63) is 77.3 Å². The molecule has 0 aliphatic heterocycles. The second-order valence-corrected chi connectivity index (χ2v) is 6.72. The largest absolute Gasteiger partial charge is 0.493 e. The molecule has 0 radical (unpaired) electrons. The van der Waals surface area contributed by atoms with Crippen molar-refractivity contribution in [1.29, 1.82) is 0 Å². The Labute approximate surface area is 175 Å². The van der Waals surface area contributed by atoms with Crippen molar-refractivity contribution < 1.29 is 19.0 Å². The Kier molecular flexibility index (Phi) is 6.62. The zero-order chi connectivity index (χ0) is 20.8. The molecule has 0 unspecified atom stereocenters. The van der Waals surface area contributed by atoms with E-state index in [0.29, 0.717) is 33.7 Å². The molecule has 0 aromatic heterocycles. The molecule has 1 amide bonds. The molecule has 29 heavy (non-hydrogen) atoms. The van der Waals surface area contributed by atoms with E-state index in [9.17, 15) is 4.79 Å². The second kappa shape index (κ2) is 9.34. The van der Waals surface area contributed by atoms with E-state index in [-0.39, 0.29) is 12.5 Å². The quantitative estimate of drug-likeness (QED) is 0.500. The number of hydrogen-bond acceptors (Lipinski definition) is 4. The molecule has 0 saturated heterocycles. The summed E-state index contributed by atoms with van der Waals surface area (Å²) in [5.41, 5.74) is 1.37. The predicted molar refractivity (Wildman–Crippen MR) is 114 cm³/mol. The Balaban J connectivity index is 2.02. The number of amides is 1. The predicted octanol–water partition coefficient (Wildman–Crippen LogP) is 5.70. The van der Waals surface area contributed by atoms with Gasteiger partial charge in [0, 0.05) is 17.5 Å². The minimum absolute atomic E-state index is 0.157. The van der Waals surface area contributed by atoms with Gasteiger partial charge in [-0.15, -0.1) is 0 Å². The van der Waals surface area contributed by atoms with E-state index < -0.39 is 0 Å². The first-order chi connectivity index (χ1) is 14.0. The van der Waals surface area contributed by atoms with Crippen molar-refractivity contribution in [3.63, 3.8) is 0 Å². The highest BCUT2D eigenvalue weighted by atomic mass is 35.5. The Morgan fingerprint density at radius 3 is 2.34 bits per heavy atom. The molecule has 3 aromatic carbocycles. The first kappa shape index (κ1) is 20.6. The monoisotopic (exact) mass is 411 g/mol. The lowest BCUT2D eigenvalue weighted by molar-refractivity contribution is -0.116. The van der Waals surface area contributed by atoms with Crippen LogP contribution < -0.4 is 19.1 Å². The highest BCUT2D eigenvalue weighted by Gasteiger charge is 2.21. The summed E-state index contributed by atoms with van der Waals surface area (Å²) in [5, 5.41) is 0.504. The molecule has 0 aliphatic rings. The lowest BCUT2D eigenvalue weighted by Crippen LogP contribution is -2.28. The molecule has 5 nitrogen and oxygen atoms in total. The molecule has 0 fully saturated rings. The van der Waals surface area contributed by atoms with Gasteiger partial charge in [0.25, 0.3) is 0 Å². The van der Waals surface area contributed by atoms with Crippen molar-refractivity contribution in [2.75, 3.05) is 19.1 Å². The zero-order valence-corrected chi connectivity index (χ0v) is 17.3.